The summed E-state index contributed by atoms with van der Waals surface area (Å²) in [6, 6.07) is 0. The predicted molar refractivity (Wildman–Crippen MR) is 109 cm³/mol. The van der Waals surface area contributed by atoms with Crippen LogP contribution in [0.15, 0.2) is 0 Å². The Labute approximate surface area is 174 Å². The Kier molecular flexibility index (Phi) is 5.34. The molecule has 9 atom stereocenters. The second kappa shape index (κ2) is 7.19. The molecule has 0 aromatic carbocycles. The Balaban J connectivity index is 1.60. The van der Waals surface area contributed by atoms with Crippen molar-refractivity contribution in [2.24, 2.45) is 46.3 Å². The summed E-state index contributed by atoms with van der Waals surface area (Å²) in [5.74, 6) is -1.13. The van der Waals surface area contributed by atoms with Crippen molar-refractivity contribution in [2.45, 2.75) is 96.9 Å². The molecule has 0 bridgehead atoms. The lowest BCUT2D eigenvalue weighted by molar-refractivity contribution is -0.321. The fourth-order valence-electron chi connectivity index (χ4n) is 8.88. The van der Waals surface area contributed by atoms with Gasteiger partial charge in [0.15, 0.2) is 5.79 Å². The Hall–Kier alpha value is -0.680. The maximum absolute atomic E-state index is 15.4. The molecule has 4 rings (SSSR count). The van der Waals surface area contributed by atoms with E-state index in [-0.39, 0.29) is 29.6 Å². The van der Waals surface area contributed by atoms with Crippen molar-refractivity contribution in [3.8, 4) is 0 Å². The average molecular weight is 411 g/mol. The Bertz CT molecular complexity index is 651. The van der Waals surface area contributed by atoms with Crippen LogP contribution in [0.2, 0.25) is 0 Å². The first kappa shape index (κ1) is 21.5. The number of hydrogen-bond donors (Lipinski definition) is 3. The van der Waals surface area contributed by atoms with Crippen molar-refractivity contribution < 1.29 is 24.5 Å². The Morgan fingerprint density at radius 3 is 2.48 bits per heavy atom. The van der Waals surface area contributed by atoms with Crippen molar-refractivity contribution in [2.75, 3.05) is 0 Å². The Morgan fingerprint density at radius 1 is 1.07 bits per heavy atom. The molecule has 0 heterocycles. The van der Waals surface area contributed by atoms with Crippen molar-refractivity contribution in [3.63, 3.8) is 0 Å². The van der Waals surface area contributed by atoms with E-state index in [1.54, 1.807) is 0 Å². The molecule has 4 aliphatic rings. The lowest BCUT2D eigenvalue weighted by Crippen LogP contribution is -2.65. The van der Waals surface area contributed by atoms with E-state index in [0.29, 0.717) is 43.4 Å². The molecular weight excluding hydrogens is 371 g/mol. The lowest BCUT2D eigenvalue weighted by atomic mass is 9.42. The minimum absolute atomic E-state index is 0.115. The first-order valence-electron chi connectivity index (χ1n) is 11.8. The van der Waals surface area contributed by atoms with Gasteiger partial charge in [-0.1, -0.05) is 20.8 Å². The second-order valence-electron chi connectivity index (χ2n) is 11.4. The first-order valence-corrected chi connectivity index (χ1v) is 11.8. The molecule has 0 aromatic rings. The third kappa shape index (κ3) is 3.09. The number of alkyl halides is 1. The van der Waals surface area contributed by atoms with Gasteiger partial charge in [-0.3, -0.25) is 4.79 Å². The van der Waals surface area contributed by atoms with Gasteiger partial charge in [0, 0.05) is 24.2 Å². The van der Waals surface area contributed by atoms with Crippen LogP contribution < -0.4 is 0 Å². The lowest BCUT2D eigenvalue weighted by Gasteiger charge is -2.64. The molecule has 4 saturated carbocycles. The van der Waals surface area contributed by atoms with Crippen LogP contribution >= 0.6 is 0 Å². The molecule has 4 fully saturated rings. The molecular formula is C24H39FO4. The number of rotatable bonds is 4. The molecule has 0 unspecified atom stereocenters. The summed E-state index contributed by atoms with van der Waals surface area (Å²) in [6.45, 7) is 6.51. The molecule has 4 nitrogen and oxygen atoms in total. The van der Waals surface area contributed by atoms with Crippen LogP contribution in [0.3, 0.4) is 0 Å². The van der Waals surface area contributed by atoms with Crippen LogP contribution in [-0.2, 0) is 4.79 Å². The fourth-order valence-corrected chi connectivity index (χ4v) is 8.88. The van der Waals surface area contributed by atoms with Crippen LogP contribution in [0.5, 0.6) is 0 Å². The summed E-state index contributed by atoms with van der Waals surface area (Å²) in [5, 5.41) is 31.1. The van der Waals surface area contributed by atoms with Crippen LogP contribution in [0.1, 0.15) is 85.0 Å². The number of hydrogen-bond acceptors (Lipinski definition) is 3. The molecule has 166 valence electrons. The number of aliphatic hydroxyl groups is 2. The number of carboxylic acids is 1. The molecule has 0 spiro atoms. The van der Waals surface area contributed by atoms with E-state index in [1.165, 1.54) is 0 Å². The first-order chi connectivity index (χ1) is 13.5. The minimum atomic E-state index is -1.77. The summed E-state index contributed by atoms with van der Waals surface area (Å²) in [4.78, 5) is 11.0. The third-order valence-electron chi connectivity index (χ3n) is 10.4. The van der Waals surface area contributed by atoms with Crippen LogP contribution in [0.4, 0.5) is 4.39 Å². The number of halogens is 1. The van der Waals surface area contributed by atoms with Gasteiger partial charge in [-0.15, -0.1) is 0 Å². The van der Waals surface area contributed by atoms with Crippen molar-refractivity contribution in [1.29, 1.82) is 0 Å². The van der Waals surface area contributed by atoms with E-state index >= 15 is 4.39 Å². The topological polar surface area (TPSA) is 77.8 Å². The smallest absolute Gasteiger partial charge is 0.303 e. The maximum atomic E-state index is 15.4. The van der Waals surface area contributed by atoms with E-state index in [1.807, 2.05) is 6.92 Å². The number of fused-ring (bicyclic) bond motifs is 5. The van der Waals surface area contributed by atoms with Gasteiger partial charge < -0.3 is 15.3 Å². The second-order valence-corrected chi connectivity index (χ2v) is 11.4. The zero-order chi connectivity index (χ0) is 21.2. The number of carbonyl (C=O) groups is 1. The molecule has 29 heavy (non-hydrogen) atoms. The van der Waals surface area contributed by atoms with Gasteiger partial charge in [-0.05, 0) is 86.4 Å². The molecule has 0 amide bonds. The van der Waals surface area contributed by atoms with Gasteiger partial charge >= 0.3 is 5.97 Å². The molecule has 4 aliphatic carbocycles. The van der Waals surface area contributed by atoms with Gasteiger partial charge in [-0.2, -0.15) is 0 Å². The van der Waals surface area contributed by atoms with Crippen molar-refractivity contribution in [1.82, 2.24) is 0 Å². The average Bonchev–Trinajstić information content (AvgIpc) is 2.99. The van der Waals surface area contributed by atoms with Crippen LogP contribution in [-0.4, -0.2) is 33.2 Å². The van der Waals surface area contributed by atoms with Gasteiger partial charge in [0.05, 0.1) is 0 Å². The third-order valence-corrected chi connectivity index (χ3v) is 10.4. The molecule has 5 heteroatoms. The normalized spacial score (nSPS) is 49.6. The highest BCUT2D eigenvalue weighted by atomic mass is 19.1. The molecule has 3 N–H and O–H groups in total. The summed E-state index contributed by atoms with van der Waals surface area (Å²) < 4.78 is 15.4. The van der Waals surface area contributed by atoms with Crippen LogP contribution in [0.25, 0.3) is 0 Å². The monoisotopic (exact) mass is 410 g/mol. The van der Waals surface area contributed by atoms with Gasteiger partial charge in [0.25, 0.3) is 0 Å². The SMILES string of the molecule is C[C@H](CCC(=O)O)[C@H]1CC[C@H]2[C@@H]3C[C@H](F)[C@@H]4CCCC(O)(O)[C@]4(C)[C@H]3CC[C@]12C. The van der Waals surface area contributed by atoms with E-state index in [4.69, 9.17) is 5.11 Å². The molecule has 0 aromatic heterocycles. The summed E-state index contributed by atoms with van der Waals surface area (Å²) in [5.41, 5.74) is -0.647. The highest BCUT2D eigenvalue weighted by Gasteiger charge is 2.67. The molecule has 0 aliphatic heterocycles. The summed E-state index contributed by atoms with van der Waals surface area (Å²) in [7, 11) is 0. The largest absolute Gasteiger partial charge is 0.481 e. The number of carboxylic acid groups (broad SMARTS) is 1. The molecule has 0 radical (unpaired) electrons. The zero-order valence-corrected chi connectivity index (χ0v) is 18.2. The standard InChI is InChI=1S/C24H39FO4/c1-14(6-9-21(26)27)16-7-8-17-15-13-20(25)19-5-4-11-24(28,29)23(19,3)18(15)10-12-22(16,17)2/h14-20,28-29H,4-13H2,1-3H3,(H,26,27)/t14-,15+,16-,17+,18+,19+,20+,22-,23-/m1/s1. The summed E-state index contributed by atoms with van der Waals surface area (Å²) >= 11 is 0. The van der Waals surface area contributed by atoms with Crippen LogP contribution in [0, 0.1) is 46.3 Å². The minimum Gasteiger partial charge on any atom is -0.481 e. The zero-order valence-electron chi connectivity index (χ0n) is 18.2. The highest BCUT2D eigenvalue weighted by Crippen LogP contribution is 2.69. The highest BCUT2D eigenvalue weighted by molar-refractivity contribution is 5.66. The summed E-state index contributed by atoms with van der Waals surface area (Å²) in [6.07, 6.45) is 6.47. The van der Waals surface area contributed by atoms with E-state index in [0.717, 1.165) is 32.1 Å². The van der Waals surface area contributed by atoms with E-state index in [9.17, 15) is 15.0 Å². The quantitative estimate of drug-likeness (QED) is 0.583. The van der Waals surface area contributed by atoms with Crippen molar-refractivity contribution >= 4 is 5.97 Å². The fraction of sp³-hybridized carbons (Fsp3) is 0.958. The molecule has 0 saturated heterocycles. The van der Waals surface area contributed by atoms with E-state index < -0.39 is 23.3 Å². The Morgan fingerprint density at radius 2 is 1.79 bits per heavy atom. The van der Waals surface area contributed by atoms with Crippen molar-refractivity contribution in [3.05, 3.63) is 0 Å². The van der Waals surface area contributed by atoms with E-state index in [2.05, 4.69) is 13.8 Å². The van der Waals surface area contributed by atoms with Gasteiger partial charge in [0.2, 0.25) is 0 Å². The maximum Gasteiger partial charge on any atom is 0.303 e. The predicted octanol–water partition coefficient (Wildman–Crippen LogP) is 4.78. The van der Waals surface area contributed by atoms with Gasteiger partial charge in [0.1, 0.15) is 6.17 Å². The van der Waals surface area contributed by atoms with Gasteiger partial charge in [-0.25, -0.2) is 4.39 Å². The number of aliphatic carboxylic acids is 1.